The minimum Gasteiger partial charge on any atom is -0.356 e. The third-order valence-electron chi connectivity index (χ3n) is 4.34. The summed E-state index contributed by atoms with van der Waals surface area (Å²) in [7, 11) is 0. The Balaban J connectivity index is 1.82. The summed E-state index contributed by atoms with van der Waals surface area (Å²) in [6, 6.07) is 8.28. The van der Waals surface area contributed by atoms with Crippen LogP contribution in [0.15, 0.2) is 30.5 Å². The number of aryl methyl sites for hydroxylation is 2. The molecule has 0 saturated carbocycles. The van der Waals surface area contributed by atoms with Crippen molar-refractivity contribution >= 4 is 17.5 Å². The molecule has 1 aliphatic heterocycles. The summed E-state index contributed by atoms with van der Waals surface area (Å²) in [6.07, 6.45) is 4.40. The first-order valence-electron chi connectivity index (χ1n) is 8.04. The largest absolute Gasteiger partial charge is 0.356 e. The second kappa shape index (κ2) is 6.34. The lowest BCUT2D eigenvalue weighted by molar-refractivity contribution is 0.444. The van der Waals surface area contributed by atoms with Crippen LogP contribution in [0.4, 0.5) is 17.5 Å². The van der Waals surface area contributed by atoms with Crippen molar-refractivity contribution in [1.29, 1.82) is 0 Å². The van der Waals surface area contributed by atoms with E-state index in [2.05, 4.69) is 54.2 Å². The summed E-state index contributed by atoms with van der Waals surface area (Å²) in [6.45, 7) is 8.68. The Morgan fingerprint density at radius 2 is 1.95 bits per heavy atom. The Labute approximate surface area is 132 Å². The number of nitrogens with one attached hydrogen (secondary N) is 1. The van der Waals surface area contributed by atoms with E-state index in [4.69, 9.17) is 4.98 Å². The molecular weight excluding hydrogens is 272 g/mol. The predicted molar refractivity (Wildman–Crippen MR) is 91.8 cm³/mol. The molecule has 0 radical (unpaired) electrons. The monoisotopic (exact) mass is 296 g/mol. The van der Waals surface area contributed by atoms with Crippen LogP contribution in [0.25, 0.3) is 0 Å². The van der Waals surface area contributed by atoms with Crippen molar-refractivity contribution in [3.63, 3.8) is 0 Å². The van der Waals surface area contributed by atoms with E-state index in [1.165, 1.54) is 24.0 Å². The first kappa shape index (κ1) is 14.8. The third kappa shape index (κ3) is 3.21. The molecule has 0 spiro atoms. The average Bonchev–Trinajstić information content (AvgIpc) is 2.51. The topological polar surface area (TPSA) is 41.1 Å². The molecule has 0 aliphatic carbocycles. The minimum atomic E-state index is 0.674. The molecule has 0 amide bonds. The molecule has 1 atom stereocenters. The highest BCUT2D eigenvalue weighted by Gasteiger charge is 2.18. The van der Waals surface area contributed by atoms with Crippen LogP contribution >= 0.6 is 0 Å². The Kier molecular flexibility index (Phi) is 4.27. The summed E-state index contributed by atoms with van der Waals surface area (Å²) < 4.78 is 0. The normalized spacial score (nSPS) is 18.3. The maximum Gasteiger partial charge on any atom is 0.229 e. The van der Waals surface area contributed by atoms with E-state index in [1.54, 1.807) is 0 Å². The van der Waals surface area contributed by atoms with Gasteiger partial charge in [-0.3, -0.25) is 0 Å². The number of hydrogen-bond acceptors (Lipinski definition) is 4. The Hall–Kier alpha value is -2.10. The van der Waals surface area contributed by atoms with Gasteiger partial charge in [0, 0.05) is 25.0 Å². The molecule has 1 aliphatic rings. The minimum absolute atomic E-state index is 0.674. The molecule has 22 heavy (non-hydrogen) atoms. The Morgan fingerprint density at radius 3 is 2.68 bits per heavy atom. The number of anilines is 3. The van der Waals surface area contributed by atoms with Crippen molar-refractivity contribution < 1.29 is 0 Å². The van der Waals surface area contributed by atoms with Crippen LogP contribution in [0.3, 0.4) is 0 Å². The molecule has 1 unspecified atom stereocenters. The maximum atomic E-state index is 4.71. The fourth-order valence-corrected chi connectivity index (χ4v) is 3.11. The molecule has 116 valence electrons. The van der Waals surface area contributed by atoms with Gasteiger partial charge in [0.15, 0.2) is 0 Å². The summed E-state index contributed by atoms with van der Waals surface area (Å²) in [5.74, 6) is 2.43. The lowest BCUT2D eigenvalue weighted by Crippen LogP contribution is -2.34. The summed E-state index contributed by atoms with van der Waals surface area (Å²) in [5.41, 5.74) is 3.52. The van der Waals surface area contributed by atoms with Crippen LogP contribution < -0.4 is 10.2 Å². The molecule has 1 aromatic carbocycles. The third-order valence-corrected chi connectivity index (χ3v) is 4.34. The van der Waals surface area contributed by atoms with Gasteiger partial charge in [-0.2, -0.15) is 4.98 Å². The quantitative estimate of drug-likeness (QED) is 0.927. The first-order valence-corrected chi connectivity index (χ1v) is 8.04. The van der Waals surface area contributed by atoms with Crippen LogP contribution in [0.5, 0.6) is 0 Å². The number of para-hydroxylation sites is 1. The van der Waals surface area contributed by atoms with E-state index < -0.39 is 0 Å². The summed E-state index contributed by atoms with van der Waals surface area (Å²) >= 11 is 0. The highest BCUT2D eigenvalue weighted by atomic mass is 15.2. The molecule has 1 saturated heterocycles. The zero-order valence-corrected chi connectivity index (χ0v) is 13.6. The van der Waals surface area contributed by atoms with Gasteiger partial charge >= 0.3 is 0 Å². The van der Waals surface area contributed by atoms with Gasteiger partial charge in [0.1, 0.15) is 5.82 Å². The molecule has 4 nitrogen and oxygen atoms in total. The summed E-state index contributed by atoms with van der Waals surface area (Å²) in [5, 5.41) is 3.38. The number of benzene rings is 1. The van der Waals surface area contributed by atoms with E-state index >= 15 is 0 Å². The fourth-order valence-electron chi connectivity index (χ4n) is 3.11. The van der Waals surface area contributed by atoms with Gasteiger partial charge in [0.2, 0.25) is 5.95 Å². The number of nitrogens with zero attached hydrogens (tertiary/aromatic N) is 3. The van der Waals surface area contributed by atoms with E-state index in [0.29, 0.717) is 5.95 Å². The highest BCUT2D eigenvalue weighted by Crippen LogP contribution is 2.25. The standard InChI is InChI=1S/C18H24N4/c1-13-6-5-11-22(12-13)16-9-10-19-18(20-16)21-17-14(2)7-4-8-15(17)3/h4,7-10,13H,5-6,11-12H2,1-3H3,(H,19,20,21). The van der Waals surface area contributed by atoms with E-state index in [9.17, 15) is 0 Å². The molecule has 0 bridgehead atoms. The smallest absolute Gasteiger partial charge is 0.229 e. The number of aromatic nitrogens is 2. The second-order valence-corrected chi connectivity index (χ2v) is 6.32. The molecule has 4 heteroatoms. The molecule has 1 fully saturated rings. The van der Waals surface area contributed by atoms with Crippen molar-refractivity contribution in [3.05, 3.63) is 41.6 Å². The van der Waals surface area contributed by atoms with E-state index in [-0.39, 0.29) is 0 Å². The zero-order chi connectivity index (χ0) is 15.5. The van der Waals surface area contributed by atoms with Gasteiger partial charge < -0.3 is 10.2 Å². The predicted octanol–water partition coefficient (Wildman–Crippen LogP) is 4.07. The SMILES string of the molecule is Cc1cccc(C)c1Nc1nccc(N2CCCC(C)C2)n1. The van der Waals surface area contributed by atoms with E-state index in [1.807, 2.05) is 12.3 Å². The fraction of sp³-hybridized carbons (Fsp3) is 0.444. The lowest BCUT2D eigenvalue weighted by Gasteiger charge is -2.31. The van der Waals surface area contributed by atoms with Gasteiger partial charge in [0.05, 0.1) is 0 Å². The number of rotatable bonds is 3. The van der Waals surface area contributed by atoms with Gasteiger partial charge in [-0.25, -0.2) is 4.98 Å². The lowest BCUT2D eigenvalue weighted by atomic mass is 10.0. The van der Waals surface area contributed by atoms with Gasteiger partial charge in [-0.05, 0) is 49.8 Å². The van der Waals surface area contributed by atoms with Crippen LogP contribution in [0.2, 0.25) is 0 Å². The first-order chi connectivity index (χ1) is 10.6. The van der Waals surface area contributed by atoms with Crippen molar-refractivity contribution in [2.24, 2.45) is 5.92 Å². The van der Waals surface area contributed by atoms with Crippen molar-refractivity contribution in [2.45, 2.75) is 33.6 Å². The van der Waals surface area contributed by atoms with Crippen LogP contribution in [0, 0.1) is 19.8 Å². The molecule has 1 N–H and O–H groups in total. The highest BCUT2D eigenvalue weighted by molar-refractivity contribution is 5.63. The van der Waals surface area contributed by atoms with Crippen LogP contribution in [-0.4, -0.2) is 23.1 Å². The molecular formula is C18H24N4. The van der Waals surface area contributed by atoms with Crippen molar-refractivity contribution in [1.82, 2.24) is 9.97 Å². The maximum absolute atomic E-state index is 4.71. The van der Waals surface area contributed by atoms with E-state index in [0.717, 1.165) is 30.5 Å². The van der Waals surface area contributed by atoms with Crippen molar-refractivity contribution in [2.75, 3.05) is 23.3 Å². The van der Waals surface area contributed by atoms with Crippen LogP contribution in [-0.2, 0) is 0 Å². The van der Waals surface area contributed by atoms with Crippen molar-refractivity contribution in [3.8, 4) is 0 Å². The number of hydrogen-bond donors (Lipinski definition) is 1. The molecule has 2 heterocycles. The Bertz CT molecular complexity index is 633. The second-order valence-electron chi connectivity index (χ2n) is 6.32. The Morgan fingerprint density at radius 1 is 1.18 bits per heavy atom. The zero-order valence-electron chi connectivity index (χ0n) is 13.6. The van der Waals surface area contributed by atoms with Gasteiger partial charge in [0.25, 0.3) is 0 Å². The van der Waals surface area contributed by atoms with Gasteiger partial charge in [-0.1, -0.05) is 25.1 Å². The van der Waals surface area contributed by atoms with Crippen LogP contribution in [0.1, 0.15) is 30.9 Å². The molecule has 1 aromatic heterocycles. The molecule has 3 rings (SSSR count). The average molecular weight is 296 g/mol. The van der Waals surface area contributed by atoms with Gasteiger partial charge in [-0.15, -0.1) is 0 Å². The summed E-state index contributed by atoms with van der Waals surface area (Å²) in [4.78, 5) is 11.5. The molecule has 2 aromatic rings. The number of piperidine rings is 1.